The Labute approximate surface area is 92.1 Å². The third-order valence-corrected chi connectivity index (χ3v) is 2.69. The van der Waals surface area contributed by atoms with E-state index in [1.165, 1.54) is 5.56 Å². The van der Waals surface area contributed by atoms with Gasteiger partial charge < -0.3 is 5.11 Å². The first-order valence-electron chi connectivity index (χ1n) is 5.42. The van der Waals surface area contributed by atoms with Crippen molar-refractivity contribution in [3.05, 3.63) is 29.3 Å². The monoisotopic (exact) mass is 202 g/mol. The maximum Gasteiger partial charge on any atom is 0.115 e. The lowest BCUT2D eigenvalue weighted by molar-refractivity contribution is 0.474. The zero-order valence-electron chi connectivity index (χ0n) is 9.46. The lowest BCUT2D eigenvalue weighted by Crippen LogP contribution is -2.00. The van der Waals surface area contributed by atoms with Gasteiger partial charge in [0.25, 0.3) is 0 Å². The average Bonchev–Trinajstić information content (AvgIpc) is 2.17. The van der Waals surface area contributed by atoms with Gasteiger partial charge >= 0.3 is 0 Å². The molecule has 1 aromatic rings. The van der Waals surface area contributed by atoms with E-state index in [2.05, 4.69) is 12.8 Å². The van der Waals surface area contributed by atoms with Crippen LogP contribution < -0.4 is 0 Å². The lowest BCUT2D eigenvalue weighted by atomic mass is 9.89. The van der Waals surface area contributed by atoms with Crippen molar-refractivity contribution in [1.82, 2.24) is 0 Å². The highest BCUT2D eigenvalue weighted by atomic mass is 16.3. The highest BCUT2D eigenvalue weighted by molar-refractivity contribution is 5.36. The second-order valence-electron chi connectivity index (χ2n) is 3.93. The number of phenols is 1. The second-order valence-corrected chi connectivity index (χ2v) is 3.93. The van der Waals surface area contributed by atoms with Crippen molar-refractivity contribution in [2.75, 3.05) is 0 Å². The lowest BCUT2D eigenvalue weighted by Gasteiger charge is -2.16. The van der Waals surface area contributed by atoms with Crippen molar-refractivity contribution in [3.8, 4) is 18.1 Å². The summed E-state index contributed by atoms with van der Waals surface area (Å²) in [6.45, 7) is 4.19. The maximum atomic E-state index is 9.34. The Morgan fingerprint density at radius 3 is 2.73 bits per heavy atom. The van der Waals surface area contributed by atoms with Gasteiger partial charge in [-0.25, -0.2) is 0 Å². The van der Waals surface area contributed by atoms with Crippen LogP contribution in [-0.4, -0.2) is 5.11 Å². The van der Waals surface area contributed by atoms with Crippen LogP contribution in [0.25, 0.3) is 0 Å². The summed E-state index contributed by atoms with van der Waals surface area (Å²) < 4.78 is 0. The summed E-state index contributed by atoms with van der Waals surface area (Å²) in [6, 6.07) is 5.53. The third kappa shape index (κ3) is 3.02. The Balaban J connectivity index is 2.95. The van der Waals surface area contributed by atoms with Gasteiger partial charge in [-0.3, -0.25) is 0 Å². The van der Waals surface area contributed by atoms with Crippen LogP contribution in [-0.2, 0) is 0 Å². The summed E-state index contributed by atoms with van der Waals surface area (Å²) in [5.74, 6) is 3.49. The number of hydrogen-bond acceptors (Lipinski definition) is 1. The summed E-state index contributed by atoms with van der Waals surface area (Å²) in [5.41, 5.74) is 2.40. The zero-order valence-corrected chi connectivity index (χ0v) is 9.46. The van der Waals surface area contributed by atoms with Gasteiger partial charge in [-0.1, -0.05) is 19.4 Å². The molecule has 80 valence electrons. The number of aromatic hydroxyl groups is 1. The fraction of sp³-hybridized carbons (Fsp3) is 0.429. The van der Waals surface area contributed by atoms with E-state index >= 15 is 0 Å². The second kappa shape index (κ2) is 5.46. The van der Waals surface area contributed by atoms with Crippen LogP contribution in [0, 0.1) is 19.3 Å². The van der Waals surface area contributed by atoms with E-state index in [4.69, 9.17) is 6.42 Å². The van der Waals surface area contributed by atoms with Crippen LogP contribution in [0.15, 0.2) is 18.2 Å². The predicted molar refractivity (Wildman–Crippen MR) is 63.9 cm³/mol. The molecule has 1 unspecified atom stereocenters. The van der Waals surface area contributed by atoms with E-state index in [1.54, 1.807) is 12.1 Å². The number of benzene rings is 1. The molecule has 0 bridgehead atoms. The van der Waals surface area contributed by atoms with Crippen LogP contribution in [0.2, 0.25) is 0 Å². The van der Waals surface area contributed by atoms with Gasteiger partial charge in [-0.2, -0.15) is 0 Å². The Morgan fingerprint density at radius 2 is 2.20 bits per heavy atom. The van der Waals surface area contributed by atoms with E-state index in [1.807, 2.05) is 13.0 Å². The van der Waals surface area contributed by atoms with Gasteiger partial charge in [0.05, 0.1) is 0 Å². The van der Waals surface area contributed by atoms with Crippen molar-refractivity contribution in [2.45, 2.75) is 39.0 Å². The molecule has 1 atom stereocenters. The van der Waals surface area contributed by atoms with Crippen LogP contribution in [0.1, 0.15) is 43.2 Å². The van der Waals surface area contributed by atoms with Crippen molar-refractivity contribution >= 4 is 0 Å². The van der Waals surface area contributed by atoms with E-state index < -0.39 is 0 Å². The number of phenolic OH excluding ortho intramolecular Hbond substituents is 1. The van der Waals surface area contributed by atoms with Gasteiger partial charge in [0.15, 0.2) is 0 Å². The molecule has 0 aromatic heterocycles. The number of terminal acetylenes is 1. The number of rotatable bonds is 4. The molecule has 0 saturated heterocycles. The normalized spacial score (nSPS) is 12.1. The Hall–Kier alpha value is -1.42. The standard InChI is InChI=1S/C14H18O/c1-4-6-12(7-5-2)14-9-8-13(15)10-11(14)3/h1,8-10,12,15H,5-7H2,2-3H3. The van der Waals surface area contributed by atoms with Crippen LogP contribution >= 0.6 is 0 Å². The molecule has 1 N–H and O–H groups in total. The molecule has 0 amide bonds. The predicted octanol–water partition coefficient (Wildman–Crippen LogP) is 3.61. The minimum Gasteiger partial charge on any atom is -0.508 e. The van der Waals surface area contributed by atoms with Gasteiger partial charge in [-0.05, 0) is 42.5 Å². The largest absolute Gasteiger partial charge is 0.508 e. The summed E-state index contributed by atoms with van der Waals surface area (Å²) in [7, 11) is 0. The first kappa shape index (κ1) is 11.7. The molecule has 1 nitrogen and oxygen atoms in total. The fourth-order valence-electron chi connectivity index (χ4n) is 1.98. The van der Waals surface area contributed by atoms with Crippen LogP contribution in [0.5, 0.6) is 5.75 Å². The zero-order chi connectivity index (χ0) is 11.3. The van der Waals surface area contributed by atoms with Crippen LogP contribution in [0.3, 0.4) is 0 Å². The SMILES string of the molecule is C#CCC(CCC)c1ccc(O)cc1C. The summed E-state index contributed by atoms with van der Waals surface area (Å²) in [4.78, 5) is 0. The molecule has 1 heteroatoms. The molecule has 15 heavy (non-hydrogen) atoms. The van der Waals surface area contributed by atoms with Crippen molar-refractivity contribution in [2.24, 2.45) is 0 Å². The van der Waals surface area contributed by atoms with E-state index in [9.17, 15) is 5.11 Å². The summed E-state index contributed by atoms with van der Waals surface area (Å²) in [6.07, 6.45) is 8.39. The molecule has 1 aromatic carbocycles. The Morgan fingerprint density at radius 1 is 1.47 bits per heavy atom. The first-order valence-corrected chi connectivity index (χ1v) is 5.42. The van der Waals surface area contributed by atoms with E-state index in [0.717, 1.165) is 24.8 Å². The van der Waals surface area contributed by atoms with Gasteiger partial charge in [-0.15, -0.1) is 12.3 Å². The summed E-state index contributed by atoms with van der Waals surface area (Å²) >= 11 is 0. The first-order chi connectivity index (χ1) is 7.19. The van der Waals surface area contributed by atoms with Crippen molar-refractivity contribution < 1.29 is 5.11 Å². The van der Waals surface area contributed by atoms with Crippen molar-refractivity contribution in [1.29, 1.82) is 0 Å². The van der Waals surface area contributed by atoms with E-state index in [0.29, 0.717) is 11.7 Å². The highest BCUT2D eigenvalue weighted by Crippen LogP contribution is 2.29. The molecule has 0 aliphatic carbocycles. The number of aryl methyl sites for hydroxylation is 1. The molecular weight excluding hydrogens is 184 g/mol. The molecule has 1 rings (SSSR count). The van der Waals surface area contributed by atoms with E-state index in [-0.39, 0.29) is 0 Å². The highest BCUT2D eigenvalue weighted by Gasteiger charge is 2.11. The molecule has 0 radical (unpaired) electrons. The van der Waals surface area contributed by atoms with Gasteiger partial charge in [0, 0.05) is 6.42 Å². The molecule has 0 spiro atoms. The molecule has 0 aliphatic heterocycles. The maximum absolute atomic E-state index is 9.34. The van der Waals surface area contributed by atoms with Gasteiger partial charge in [0.1, 0.15) is 5.75 Å². The molecular formula is C14H18O. The minimum absolute atomic E-state index is 0.326. The Bertz CT molecular complexity index is 360. The smallest absolute Gasteiger partial charge is 0.115 e. The minimum atomic E-state index is 0.326. The topological polar surface area (TPSA) is 20.2 Å². The molecule has 0 fully saturated rings. The quantitative estimate of drug-likeness (QED) is 0.739. The Kier molecular flexibility index (Phi) is 4.24. The van der Waals surface area contributed by atoms with Gasteiger partial charge in [0.2, 0.25) is 0 Å². The van der Waals surface area contributed by atoms with Crippen molar-refractivity contribution in [3.63, 3.8) is 0 Å². The summed E-state index contributed by atoms with van der Waals surface area (Å²) in [5, 5.41) is 9.34. The number of hydrogen-bond donors (Lipinski definition) is 1. The average molecular weight is 202 g/mol. The molecule has 0 heterocycles. The molecule has 0 saturated carbocycles. The van der Waals surface area contributed by atoms with Crippen LogP contribution in [0.4, 0.5) is 0 Å². The third-order valence-electron chi connectivity index (χ3n) is 2.69. The fourth-order valence-corrected chi connectivity index (χ4v) is 1.98. The molecule has 0 aliphatic rings.